The van der Waals surface area contributed by atoms with E-state index >= 15 is 0 Å². The number of hydrogen-bond acceptors (Lipinski definition) is 3. The number of hydrogen-bond donors (Lipinski definition) is 0. The summed E-state index contributed by atoms with van der Waals surface area (Å²) in [5.74, 6) is -0.207. The molecule has 0 saturated heterocycles. The van der Waals surface area contributed by atoms with Gasteiger partial charge in [-0.2, -0.15) is 0 Å². The van der Waals surface area contributed by atoms with Crippen LogP contribution in [0.4, 0.5) is 0 Å². The lowest BCUT2D eigenvalue weighted by Crippen LogP contribution is -2.38. The number of carbonyl (C=O) groups excluding carboxylic acids is 1. The zero-order chi connectivity index (χ0) is 15.1. The number of carbonyl (C=O) groups is 1. The lowest BCUT2D eigenvalue weighted by Gasteiger charge is -2.27. The molecular weight excluding hydrogens is 262 g/mol. The van der Waals surface area contributed by atoms with E-state index in [1.165, 1.54) is 18.2 Å². The zero-order valence-electron chi connectivity index (χ0n) is 12.5. The summed E-state index contributed by atoms with van der Waals surface area (Å²) in [6.07, 6.45) is 0. The van der Waals surface area contributed by atoms with Gasteiger partial charge in [0.2, 0.25) is 0 Å². The first-order valence-corrected chi connectivity index (χ1v) is 7.10. The standard InChI is InChI=1S/C18H21NO2/c1-15(18(20)21-2)19(13-16-9-5-3-6-10-16)14-17-11-7-4-8-12-17/h3-12,15H,13-14H2,1-2H3/t15-/m0/s1. The van der Waals surface area contributed by atoms with Crippen molar-refractivity contribution in [3.63, 3.8) is 0 Å². The second-order valence-electron chi connectivity index (χ2n) is 5.08. The van der Waals surface area contributed by atoms with E-state index in [1.807, 2.05) is 43.3 Å². The highest BCUT2D eigenvalue weighted by molar-refractivity contribution is 5.75. The van der Waals surface area contributed by atoms with Gasteiger partial charge in [0.05, 0.1) is 7.11 Å². The first-order chi connectivity index (χ1) is 10.2. The Hall–Kier alpha value is -2.13. The van der Waals surface area contributed by atoms with E-state index in [9.17, 15) is 4.79 Å². The molecule has 0 aliphatic rings. The summed E-state index contributed by atoms with van der Waals surface area (Å²) < 4.78 is 4.89. The van der Waals surface area contributed by atoms with Crippen molar-refractivity contribution in [3.05, 3.63) is 71.8 Å². The van der Waals surface area contributed by atoms with Crippen molar-refractivity contribution < 1.29 is 9.53 Å². The first kappa shape index (κ1) is 15.3. The molecule has 0 unspecified atom stereocenters. The molecule has 0 aliphatic heterocycles. The van der Waals surface area contributed by atoms with Gasteiger partial charge >= 0.3 is 5.97 Å². The van der Waals surface area contributed by atoms with E-state index in [2.05, 4.69) is 29.2 Å². The molecule has 3 heteroatoms. The van der Waals surface area contributed by atoms with Crippen molar-refractivity contribution in [2.24, 2.45) is 0 Å². The Balaban J connectivity index is 2.15. The van der Waals surface area contributed by atoms with Crippen LogP contribution in [0.15, 0.2) is 60.7 Å². The largest absolute Gasteiger partial charge is 0.468 e. The van der Waals surface area contributed by atoms with Gasteiger partial charge in [-0.3, -0.25) is 9.69 Å². The zero-order valence-corrected chi connectivity index (χ0v) is 12.5. The quantitative estimate of drug-likeness (QED) is 0.762. The molecule has 0 N–H and O–H groups in total. The Morgan fingerprint density at radius 3 is 1.76 bits per heavy atom. The van der Waals surface area contributed by atoms with Crippen LogP contribution in [0.5, 0.6) is 0 Å². The smallest absolute Gasteiger partial charge is 0.322 e. The first-order valence-electron chi connectivity index (χ1n) is 7.10. The van der Waals surface area contributed by atoms with E-state index in [4.69, 9.17) is 4.74 Å². The maximum atomic E-state index is 11.9. The third-order valence-corrected chi connectivity index (χ3v) is 3.55. The highest BCUT2D eigenvalue weighted by atomic mass is 16.5. The highest BCUT2D eigenvalue weighted by Crippen LogP contribution is 2.14. The number of ether oxygens (including phenoxy) is 1. The predicted molar refractivity (Wildman–Crippen MR) is 83.6 cm³/mol. The van der Waals surface area contributed by atoms with Gasteiger partial charge in [-0.1, -0.05) is 60.7 Å². The summed E-state index contributed by atoms with van der Waals surface area (Å²) in [6, 6.07) is 20.0. The SMILES string of the molecule is COC(=O)[C@H](C)N(Cc1ccccc1)Cc1ccccc1. The number of benzene rings is 2. The molecule has 21 heavy (non-hydrogen) atoms. The summed E-state index contributed by atoms with van der Waals surface area (Å²) in [6.45, 7) is 3.32. The van der Waals surface area contributed by atoms with Gasteiger partial charge in [-0.25, -0.2) is 0 Å². The van der Waals surface area contributed by atoms with E-state index in [0.717, 1.165) is 0 Å². The van der Waals surface area contributed by atoms with Gasteiger partial charge in [-0.05, 0) is 18.1 Å². The second-order valence-corrected chi connectivity index (χ2v) is 5.08. The molecule has 0 fully saturated rings. The molecule has 0 heterocycles. The number of rotatable bonds is 6. The summed E-state index contributed by atoms with van der Waals surface area (Å²) in [5.41, 5.74) is 2.37. The van der Waals surface area contributed by atoms with Gasteiger partial charge in [-0.15, -0.1) is 0 Å². The predicted octanol–water partition coefficient (Wildman–Crippen LogP) is 3.25. The molecule has 0 aliphatic carbocycles. The molecular formula is C18H21NO2. The molecule has 0 amide bonds. The maximum absolute atomic E-state index is 11.9. The average molecular weight is 283 g/mol. The molecule has 0 radical (unpaired) electrons. The molecule has 1 atom stereocenters. The average Bonchev–Trinajstić information content (AvgIpc) is 2.54. The van der Waals surface area contributed by atoms with Crippen LogP contribution < -0.4 is 0 Å². The summed E-state index contributed by atoms with van der Waals surface area (Å²) in [5, 5.41) is 0. The molecule has 2 aromatic rings. The fourth-order valence-corrected chi connectivity index (χ4v) is 2.29. The minimum absolute atomic E-state index is 0.207. The molecule has 2 rings (SSSR count). The van der Waals surface area contributed by atoms with Gasteiger partial charge < -0.3 is 4.74 Å². The normalized spacial score (nSPS) is 12.1. The van der Waals surface area contributed by atoms with Crippen molar-refractivity contribution in [1.29, 1.82) is 0 Å². The maximum Gasteiger partial charge on any atom is 0.322 e. The fraction of sp³-hybridized carbons (Fsp3) is 0.278. The van der Waals surface area contributed by atoms with Gasteiger partial charge in [0.1, 0.15) is 6.04 Å². The summed E-state index contributed by atoms with van der Waals surface area (Å²) in [4.78, 5) is 14.0. The van der Waals surface area contributed by atoms with E-state index < -0.39 is 0 Å². The van der Waals surface area contributed by atoms with Crippen LogP contribution in [0.1, 0.15) is 18.1 Å². The van der Waals surface area contributed by atoms with E-state index in [1.54, 1.807) is 0 Å². The second kappa shape index (κ2) is 7.60. The molecule has 0 aromatic heterocycles. The highest BCUT2D eigenvalue weighted by Gasteiger charge is 2.22. The van der Waals surface area contributed by atoms with Crippen molar-refractivity contribution in [2.45, 2.75) is 26.1 Å². The molecule has 0 saturated carbocycles. The minimum Gasteiger partial charge on any atom is -0.468 e. The molecule has 0 spiro atoms. The van der Waals surface area contributed by atoms with Crippen LogP contribution in [-0.4, -0.2) is 24.0 Å². The van der Waals surface area contributed by atoms with Crippen LogP contribution in [0.25, 0.3) is 0 Å². The van der Waals surface area contributed by atoms with Gasteiger partial charge in [0, 0.05) is 13.1 Å². The van der Waals surface area contributed by atoms with Crippen LogP contribution in [0.3, 0.4) is 0 Å². The topological polar surface area (TPSA) is 29.5 Å². The number of esters is 1. The Kier molecular flexibility index (Phi) is 5.52. The lowest BCUT2D eigenvalue weighted by atomic mass is 10.1. The van der Waals surface area contributed by atoms with Crippen LogP contribution >= 0.6 is 0 Å². The van der Waals surface area contributed by atoms with Crippen molar-refractivity contribution in [2.75, 3.05) is 7.11 Å². The Morgan fingerprint density at radius 2 is 1.38 bits per heavy atom. The minimum atomic E-state index is -0.282. The Labute approximate surface area is 126 Å². The van der Waals surface area contributed by atoms with Gasteiger partial charge in [0.15, 0.2) is 0 Å². The summed E-state index contributed by atoms with van der Waals surface area (Å²) in [7, 11) is 1.43. The molecule has 0 bridgehead atoms. The molecule has 2 aromatic carbocycles. The number of nitrogens with zero attached hydrogens (tertiary/aromatic N) is 1. The lowest BCUT2D eigenvalue weighted by molar-refractivity contribution is -0.146. The summed E-state index contributed by atoms with van der Waals surface area (Å²) >= 11 is 0. The monoisotopic (exact) mass is 283 g/mol. The van der Waals surface area contributed by atoms with Gasteiger partial charge in [0.25, 0.3) is 0 Å². The third-order valence-electron chi connectivity index (χ3n) is 3.55. The number of methoxy groups -OCH3 is 1. The van der Waals surface area contributed by atoms with Crippen molar-refractivity contribution in [1.82, 2.24) is 4.90 Å². The Bertz CT molecular complexity index is 512. The molecule has 3 nitrogen and oxygen atoms in total. The fourth-order valence-electron chi connectivity index (χ4n) is 2.29. The van der Waals surface area contributed by atoms with Crippen molar-refractivity contribution in [3.8, 4) is 0 Å². The van der Waals surface area contributed by atoms with E-state index in [-0.39, 0.29) is 12.0 Å². The van der Waals surface area contributed by atoms with Crippen molar-refractivity contribution >= 4 is 5.97 Å². The van der Waals surface area contributed by atoms with Crippen LogP contribution in [0.2, 0.25) is 0 Å². The van der Waals surface area contributed by atoms with Crippen LogP contribution in [-0.2, 0) is 22.6 Å². The molecule has 110 valence electrons. The van der Waals surface area contributed by atoms with Crippen LogP contribution in [0, 0.1) is 0 Å². The third kappa shape index (κ3) is 4.43. The van der Waals surface area contributed by atoms with E-state index in [0.29, 0.717) is 13.1 Å². The Morgan fingerprint density at radius 1 is 0.952 bits per heavy atom.